The molecule has 0 heterocycles. The second kappa shape index (κ2) is 7.34. The van der Waals surface area contributed by atoms with Crippen molar-refractivity contribution in [3.05, 3.63) is 12.7 Å². The minimum Gasteiger partial charge on any atom is -1.00 e. The zero-order valence-corrected chi connectivity index (χ0v) is 8.99. The van der Waals surface area contributed by atoms with Crippen molar-refractivity contribution in [3.8, 4) is 0 Å². The second-order valence-electron chi connectivity index (χ2n) is 2.16. The molecule has 0 aromatic carbocycles. The van der Waals surface area contributed by atoms with Crippen molar-refractivity contribution in [1.29, 1.82) is 0 Å². The fourth-order valence-corrected chi connectivity index (χ4v) is 0.683. The summed E-state index contributed by atoms with van der Waals surface area (Å²) in [5, 5.41) is 16.7. The number of carboxylic acid groups (broad SMARTS) is 2. The molecule has 0 spiro atoms. The van der Waals surface area contributed by atoms with Gasteiger partial charge in [-0.15, -0.1) is 6.58 Å². The molecule has 0 aliphatic carbocycles. The molecule has 0 aliphatic rings. The fourth-order valence-electron chi connectivity index (χ4n) is 0.683. The molecule has 1 atom stereocenters. The average Bonchev–Trinajstić information content (AvgIpc) is 1.86. The summed E-state index contributed by atoms with van der Waals surface area (Å²) in [6, 6.07) is 0. The van der Waals surface area contributed by atoms with E-state index in [1.54, 1.807) is 0 Å². The van der Waals surface area contributed by atoms with E-state index in [9.17, 15) is 9.59 Å². The summed E-state index contributed by atoms with van der Waals surface area (Å²) >= 11 is 0. The summed E-state index contributed by atoms with van der Waals surface area (Å²) in [6.45, 7) is 3.33. The van der Waals surface area contributed by atoms with Gasteiger partial charge >= 0.3 is 41.5 Å². The number of carboxylic acids is 2. The second-order valence-corrected chi connectivity index (χ2v) is 2.16. The van der Waals surface area contributed by atoms with Crippen molar-refractivity contribution >= 4 is 11.9 Å². The molecular formula is C7H11NaO4. The van der Waals surface area contributed by atoms with E-state index in [-0.39, 0.29) is 43.8 Å². The van der Waals surface area contributed by atoms with Gasteiger partial charge in [0.05, 0.1) is 12.3 Å². The maximum absolute atomic E-state index is 10.3. The Bertz CT molecular complexity index is 183. The Kier molecular flexibility index (Phi) is 8.69. The van der Waals surface area contributed by atoms with Crippen LogP contribution < -0.4 is 29.6 Å². The summed E-state index contributed by atoms with van der Waals surface area (Å²) in [4.78, 5) is 20.4. The van der Waals surface area contributed by atoms with Gasteiger partial charge in [0, 0.05) is 0 Å². The van der Waals surface area contributed by atoms with E-state index in [4.69, 9.17) is 10.2 Å². The summed E-state index contributed by atoms with van der Waals surface area (Å²) < 4.78 is 0. The maximum atomic E-state index is 10.3. The molecule has 0 aliphatic heterocycles. The Morgan fingerprint density at radius 3 is 2.25 bits per heavy atom. The third-order valence-electron chi connectivity index (χ3n) is 1.22. The predicted molar refractivity (Wildman–Crippen MR) is 39.3 cm³/mol. The summed E-state index contributed by atoms with van der Waals surface area (Å²) in [7, 11) is 0. The number of rotatable bonds is 5. The zero-order chi connectivity index (χ0) is 8.85. The maximum Gasteiger partial charge on any atom is 1.00 e. The normalized spacial score (nSPS) is 11.0. The van der Waals surface area contributed by atoms with E-state index in [0.717, 1.165) is 0 Å². The Hall–Kier alpha value is -0.320. The van der Waals surface area contributed by atoms with Crippen LogP contribution in [-0.4, -0.2) is 22.2 Å². The van der Waals surface area contributed by atoms with Gasteiger partial charge in [0.15, 0.2) is 0 Å². The smallest absolute Gasteiger partial charge is 1.00 e. The number of hydrogen-bond acceptors (Lipinski definition) is 2. The molecular weight excluding hydrogens is 171 g/mol. The molecule has 64 valence electrons. The molecule has 5 heteroatoms. The Labute approximate surface area is 94.0 Å². The first-order valence-corrected chi connectivity index (χ1v) is 3.13. The molecule has 0 aromatic heterocycles. The summed E-state index contributed by atoms with van der Waals surface area (Å²) in [5.41, 5.74) is 0. The largest absolute Gasteiger partial charge is 1.00 e. The first-order valence-electron chi connectivity index (χ1n) is 3.13. The number of carbonyl (C=O) groups is 2. The van der Waals surface area contributed by atoms with Crippen LogP contribution in [0.3, 0.4) is 0 Å². The van der Waals surface area contributed by atoms with E-state index in [2.05, 4.69) is 6.58 Å². The molecule has 4 nitrogen and oxygen atoms in total. The van der Waals surface area contributed by atoms with Crippen LogP contribution in [-0.2, 0) is 9.59 Å². The molecule has 0 saturated heterocycles. The van der Waals surface area contributed by atoms with Crippen molar-refractivity contribution in [2.24, 2.45) is 5.92 Å². The van der Waals surface area contributed by atoms with Gasteiger partial charge in [0.1, 0.15) is 0 Å². The third-order valence-corrected chi connectivity index (χ3v) is 1.22. The van der Waals surface area contributed by atoms with Gasteiger partial charge in [-0.25, -0.2) is 0 Å². The van der Waals surface area contributed by atoms with Gasteiger partial charge in [-0.05, 0) is 6.42 Å². The van der Waals surface area contributed by atoms with Gasteiger partial charge in [-0.2, -0.15) is 0 Å². The van der Waals surface area contributed by atoms with Crippen molar-refractivity contribution in [1.82, 2.24) is 0 Å². The van der Waals surface area contributed by atoms with Crippen LogP contribution >= 0.6 is 0 Å². The van der Waals surface area contributed by atoms with E-state index in [1.807, 2.05) is 0 Å². The summed E-state index contributed by atoms with van der Waals surface area (Å²) in [5.74, 6) is -3.03. The molecule has 0 fully saturated rings. The van der Waals surface area contributed by atoms with Gasteiger partial charge < -0.3 is 11.6 Å². The van der Waals surface area contributed by atoms with Crippen molar-refractivity contribution in [2.45, 2.75) is 12.8 Å². The minimum atomic E-state index is -1.10. The predicted octanol–water partition coefficient (Wildman–Crippen LogP) is -2.15. The van der Waals surface area contributed by atoms with Crippen LogP contribution in [0.4, 0.5) is 0 Å². The fraction of sp³-hybridized carbons (Fsp3) is 0.429. The number of hydrogen-bond donors (Lipinski definition) is 2. The standard InChI is InChI=1S/C7H10O4.Na.H/c1-2-3-5(7(10)11)4-6(8)9;;/h2,5H,1,3-4H2,(H,8,9)(H,10,11);;/q;+1;-1. The monoisotopic (exact) mass is 182 g/mol. The van der Waals surface area contributed by atoms with Crippen molar-refractivity contribution < 1.29 is 50.8 Å². The molecule has 0 saturated carbocycles. The minimum absolute atomic E-state index is 0. The zero-order valence-electron chi connectivity index (χ0n) is 7.99. The topological polar surface area (TPSA) is 74.6 Å². The first kappa shape index (κ1) is 14.2. The summed E-state index contributed by atoms with van der Waals surface area (Å²) in [6.07, 6.45) is 1.25. The van der Waals surface area contributed by atoms with Crippen LogP contribution in [0.5, 0.6) is 0 Å². The van der Waals surface area contributed by atoms with Gasteiger partial charge in [0.2, 0.25) is 0 Å². The SMILES string of the molecule is C=CCC(CC(=O)O)C(=O)O.[H-].[Na+]. The van der Waals surface area contributed by atoms with Gasteiger partial charge in [0.25, 0.3) is 0 Å². The molecule has 0 amide bonds. The molecule has 0 aromatic rings. The number of allylic oxidation sites excluding steroid dienone is 1. The molecule has 2 N–H and O–H groups in total. The molecule has 1 unspecified atom stereocenters. The molecule has 0 bridgehead atoms. The Morgan fingerprint density at radius 1 is 1.50 bits per heavy atom. The van der Waals surface area contributed by atoms with Gasteiger partial charge in [-0.3, -0.25) is 9.59 Å². The Balaban J connectivity index is -0.000000500. The van der Waals surface area contributed by atoms with Crippen LogP contribution in [0.1, 0.15) is 14.3 Å². The molecule has 12 heavy (non-hydrogen) atoms. The molecule has 0 rings (SSSR count). The van der Waals surface area contributed by atoms with Crippen molar-refractivity contribution in [2.75, 3.05) is 0 Å². The van der Waals surface area contributed by atoms with Crippen LogP contribution in [0.25, 0.3) is 0 Å². The Morgan fingerprint density at radius 2 is 2.00 bits per heavy atom. The van der Waals surface area contributed by atoms with Crippen LogP contribution in [0, 0.1) is 5.92 Å². The van der Waals surface area contributed by atoms with Crippen LogP contribution in [0.15, 0.2) is 12.7 Å². The van der Waals surface area contributed by atoms with E-state index < -0.39 is 17.9 Å². The van der Waals surface area contributed by atoms with Gasteiger partial charge in [-0.1, -0.05) is 6.08 Å². The first-order chi connectivity index (χ1) is 5.07. The van der Waals surface area contributed by atoms with E-state index in [1.165, 1.54) is 6.08 Å². The third kappa shape index (κ3) is 6.39. The van der Waals surface area contributed by atoms with E-state index in [0.29, 0.717) is 0 Å². The quantitative estimate of drug-likeness (QED) is 0.375. The van der Waals surface area contributed by atoms with Crippen molar-refractivity contribution in [3.63, 3.8) is 0 Å². The van der Waals surface area contributed by atoms with Crippen LogP contribution in [0.2, 0.25) is 0 Å². The van der Waals surface area contributed by atoms with E-state index >= 15 is 0 Å². The average molecular weight is 182 g/mol. The number of aliphatic carboxylic acids is 2. The molecule has 0 radical (unpaired) electrons.